The molecule has 4 rings (SSSR count). The van der Waals surface area contributed by atoms with Gasteiger partial charge in [-0.2, -0.15) is 0 Å². The van der Waals surface area contributed by atoms with Gasteiger partial charge in [0.25, 0.3) is 0 Å². The molecule has 8 amide bonds. The van der Waals surface area contributed by atoms with Crippen molar-refractivity contribution in [3.05, 3.63) is 71.8 Å². The number of hydrogen-bond acceptors (Lipinski definition) is 10. The summed E-state index contributed by atoms with van der Waals surface area (Å²) in [5, 5.41) is 27.0. The van der Waals surface area contributed by atoms with Gasteiger partial charge in [-0.3, -0.25) is 38.4 Å². The third-order valence-corrected chi connectivity index (χ3v) is 15.2. The van der Waals surface area contributed by atoms with Crippen molar-refractivity contribution in [2.75, 3.05) is 19.6 Å². The summed E-state index contributed by atoms with van der Waals surface area (Å²) in [7, 11) is 0. The van der Waals surface area contributed by atoms with Gasteiger partial charge in [0.05, 0.1) is 6.04 Å². The number of aliphatic carboxylic acids is 1. The van der Waals surface area contributed by atoms with Gasteiger partial charge in [0, 0.05) is 32.5 Å². The summed E-state index contributed by atoms with van der Waals surface area (Å²) in [6.45, 7) is 19.2. The lowest BCUT2D eigenvalue weighted by Gasteiger charge is -2.35. The molecule has 0 aliphatic carbocycles. The largest absolute Gasteiger partial charge is 0.480 e. The van der Waals surface area contributed by atoms with Crippen LogP contribution in [0.3, 0.4) is 0 Å². The summed E-state index contributed by atoms with van der Waals surface area (Å²) in [6.07, 6.45) is 3.85. The van der Waals surface area contributed by atoms with Crippen LogP contribution in [-0.2, 0) is 56.0 Å². The molecule has 78 heavy (non-hydrogen) atoms. The van der Waals surface area contributed by atoms with E-state index in [0.29, 0.717) is 44.9 Å². The number of nitrogens with two attached hydrogens (primary N) is 1. The second kappa shape index (κ2) is 31.3. The first-order valence-corrected chi connectivity index (χ1v) is 28.4. The zero-order valence-corrected chi connectivity index (χ0v) is 47.8. The molecule has 2 heterocycles. The van der Waals surface area contributed by atoms with Gasteiger partial charge in [0.15, 0.2) is 0 Å². The Balaban J connectivity index is 1.50. The second-order valence-electron chi connectivity index (χ2n) is 22.9. The highest BCUT2D eigenvalue weighted by Gasteiger charge is 2.45. The Labute approximate surface area is 462 Å². The van der Waals surface area contributed by atoms with Crippen LogP contribution in [0.15, 0.2) is 60.7 Å². The highest BCUT2D eigenvalue weighted by Crippen LogP contribution is 2.27. The van der Waals surface area contributed by atoms with Crippen LogP contribution < -0.4 is 37.6 Å². The number of hydrogen-bond donors (Lipinski definition) is 8. The van der Waals surface area contributed by atoms with Gasteiger partial charge < -0.3 is 52.5 Å². The predicted octanol–water partition coefficient (Wildman–Crippen LogP) is 4.25. The Bertz CT molecular complexity index is 2320. The fourth-order valence-electron chi connectivity index (χ4n) is 10.2. The van der Waals surface area contributed by atoms with Gasteiger partial charge in [-0.15, -0.1) is 0 Å². The molecule has 2 fully saturated rings. The van der Waals surface area contributed by atoms with Gasteiger partial charge in [-0.1, -0.05) is 143 Å². The van der Waals surface area contributed by atoms with Crippen molar-refractivity contribution in [3.8, 4) is 0 Å². The molecule has 11 atom stereocenters. The number of carbonyl (C=O) groups is 9. The number of carbonyl (C=O) groups excluding carboxylic acids is 8. The number of likely N-dealkylation sites (tertiary alicyclic amines) is 2. The van der Waals surface area contributed by atoms with E-state index in [9.17, 15) is 48.3 Å². The Kier molecular flexibility index (Phi) is 25.7. The maximum atomic E-state index is 14.7. The molecule has 2 aliphatic heterocycles. The highest BCUT2D eigenvalue weighted by atomic mass is 16.4. The van der Waals surface area contributed by atoms with Crippen LogP contribution in [-0.4, -0.2) is 136 Å². The van der Waals surface area contributed by atoms with Crippen LogP contribution >= 0.6 is 0 Å². The van der Waals surface area contributed by atoms with E-state index in [0.717, 1.165) is 11.1 Å². The van der Waals surface area contributed by atoms with Crippen molar-refractivity contribution < 1.29 is 48.3 Å². The van der Waals surface area contributed by atoms with Crippen LogP contribution in [0.2, 0.25) is 0 Å². The van der Waals surface area contributed by atoms with Crippen LogP contribution in [0, 0.1) is 35.5 Å². The molecular weight excluding hydrogens is 995 g/mol. The van der Waals surface area contributed by atoms with Gasteiger partial charge in [0.1, 0.15) is 42.3 Å². The normalized spacial score (nSPS) is 18.9. The number of carboxylic acids is 1. The average Bonchev–Trinajstić information content (AvgIpc) is 4.12. The summed E-state index contributed by atoms with van der Waals surface area (Å²) in [5.41, 5.74) is 7.91. The Hall–Kier alpha value is -6.37. The first-order valence-electron chi connectivity index (χ1n) is 28.4. The summed E-state index contributed by atoms with van der Waals surface area (Å²) in [5.74, 6) is -6.35. The van der Waals surface area contributed by atoms with Crippen LogP contribution in [0.4, 0.5) is 0 Å². The smallest absolute Gasteiger partial charge is 0.326 e. The van der Waals surface area contributed by atoms with E-state index in [1.54, 1.807) is 13.8 Å². The third kappa shape index (κ3) is 19.2. The first-order chi connectivity index (χ1) is 36.9. The molecule has 0 aromatic heterocycles. The monoisotopic (exact) mass is 1090 g/mol. The van der Waals surface area contributed by atoms with Crippen molar-refractivity contribution >= 4 is 53.2 Å². The number of benzene rings is 2. The second-order valence-corrected chi connectivity index (χ2v) is 22.9. The van der Waals surface area contributed by atoms with Crippen molar-refractivity contribution in [2.24, 2.45) is 41.2 Å². The van der Waals surface area contributed by atoms with Crippen molar-refractivity contribution in [2.45, 2.75) is 188 Å². The first kappa shape index (κ1) is 64.2. The molecule has 2 saturated heterocycles. The Morgan fingerprint density at radius 1 is 0.590 bits per heavy atom. The number of carboxylic acid groups (broad SMARTS) is 1. The van der Waals surface area contributed by atoms with E-state index in [2.05, 4.69) is 31.9 Å². The van der Waals surface area contributed by atoms with E-state index in [4.69, 9.17) is 5.73 Å². The lowest BCUT2D eigenvalue weighted by atomic mass is 9.94. The minimum Gasteiger partial charge on any atom is -0.480 e. The van der Waals surface area contributed by atoms with Crippen molar-refractivity contribution in [3.63, 3.8) is 0 Å². The van der Waals surface area contributed by atoms with Crippen LogP contribution in [0.1, 0.15) is 138 Å². The molecule has 2 aromatic carbocycles. The quantitative estimate of drug-likeness (QED) is 0.0548. The molecular formula is C59H91N9O10. The molecule has 0 spiro atoms. The van der Waals surface area contributed by atoms with E-state index >= 15 is 0 Å². The van der Waals surface area contributed by atoms with Crippen molar-refractivity contribution in [1.29, 1.82) is 0 Å². The van der Waals surface area contributed by atoms with E-state index in [1.165, 1.54) is 9.80 Å². The van der Waals surface area contributed by atoms with Gasteiger partial charge >= 0.3 is 5.97 Å². The van der Waals surface area contributed by atoms with Crippen LogP contribution in [0.25, 0.3) is 0 Å². The number of amides is 8. The SMILES string of the molecule is CC[C@H](C)[C@H](N)C(=O)N[C@H](C(=O)N[C@@H](CC(C)C)C(=O)N[C@H](C(=O)N1CCC[C@H]1C(=O)N1CCC[C@H]1C(=O)N[C@@H](Cc1ccccc1)C(=O)NC[C@@H](CC(=O)N[C@@H](CC(C)C)C(=O)O)Cc1ccccc1)C(C)C)[C@@H](C)CC. The molecule has 2 aliphatic rings. The van der Waals surface area contributed by atoms with E-state index in [1.807, 2.05) is 116 Å². The average molecular weight is 1090 g/mol. The zero-order valence-electron chi connectivity index (χ0n) is 47.8. The van der Waals surface area contributed by atoms with Gasteiger partial charge in [-0.05, 0) is 91.6 Å². The third-order valence-electron chi connectivity index (χ3n) is 15.2. The fourth-order valence-corrected chi connectivity index (χ4v) is 10.2. The summed E-state index contributed by atoms with van der Waals surface area (Å²) in [6, 6.07) is 10.7. The summed E-state index contributed by atoms with van der Waals surface area (Å²) < 4.78 is 0. The highest BCUT2D eigenvalue weighted by molar-refractivity contribution is 5.98. The maximum absolute atomic E-state index is 14.7. The zero-order chi connectivity index (χ0) is 57.8. The molecule has 432 valence electrons. The standard InChI is InChI=1S/C59H91N9O10/c1-11-38(9)49(60)55(73)66-51(39(10)12-2)56(74)64-43(29-35(3)4)53(71)65-50(37(7)8)58(76)68-28-20-26-47(68)57(75)67-27-19-25-46(67)54(72)63-44(32-41-23-17-14-18-24-41)52(70)61-34-42(31-40-21-15-13-16-22-40)33-48(69)62-45(59(77)78)30-36(5)6/h13-18,21-24,35-39,42-47,49-51H,11-12,19-20,25-34,60H2,1-10H3,(H,61,70)(H,62,69)(H,63,72)(H,64,74)(H,65,71)(H,66,73)(H,77,78)/t38-,39-,42+,43-,44-,45-,46-,47-,49-,50-,51-/m0/s1. The molecule has 2 aromatic rings. The van der Waals surface area contributed by atoms with Gasteiger partial charge in [-0.25, -0.2) is 4.79 Å². The fraction of sp³-hybridized carbons (Fsp3) is 0.644. The predicted molar refractivity (Wildman–Crippen MR) is 299 cm³/mol. The lowest BCUT2D eigenvalue weighted by molar-refractivity contribution is -0.148. The number of rotatable bonds is 30. The topological polar surface area (TPSA) is 279 Å². The molecule has 19 nitrogen and oxygen atoms in total. The number of nitrogens with zero attached hydrogens (tertiary/aromatic N) is 2. The lowest BCUT2D eigenvalue weighted by Crippen LogP contribution is -2.61. The molecule has 0 radical (unpaired) electrons. The molecule has 19 heteroatoms. The van der Waals surface area contributed by atoms with E-state index < -0.39 is 113 Å². The van der Waals surface area contributed by atoms with Crippen LogP contribution in [0.5, 0.6) is 0 Å². The van der Waals surface area contributed by atoms with Crippen molar-refractivity contribution in [1.82, 2.24) is 41.7 Å². The molecule has 0 saturated carbocycles. The number of nitrogens with one attached hydrogen (secondary N) is 6. The van der Waals surface area contributed by atoms with Gasteiger partial charge in [0.2, 0.25) is 47.3 Å². The minimum absolute atomic E-state index is 0.0260. The Morgan fingerprint density at radius 2 is 1.13 bits per heavy atom. The minimum atomic E-state index is -1.13. The molecule has 0 unspecified atom stereocenters. The molecule has 9 N–H and O–H groups in total. The van der Waals surface area contributed by atoms with E-state index in [-0.39, 0.29) is 69.0 Å². The summed E-state index contributed by atoms with van der Waals surface area (Å²) in [4.78, 5) is 128. The maximum Gasteiger partial charge on any atom is 0.326 e. The summed E-state index contributed by atoms with van der Waals surface area (Å²) >= 11 is 0. The Morgan fingerprint density at radius 3 is 1.68 bits per heavy atom. The molecule has 0 bridgehead atoms.